The number of nitrogens with one attached hydrogen (secondary N) is 2. The fraction of sp³-hybridized carbons (Fsp3) is 0.0952. The number of para-hydroxylation sites is 1. The van der Waals surface area contributed by atoms with Gasteiger partial charge in [-0.15, -0.1) is 0 Å². The van der Waals surface area contributed by atoms with Gasteiger partial charge in [-0.25, -0.2) is 17.5 Å². The predicted molar refractivity (Wildman–Crippen MR) is 118 cm³/mol. The summed E-state index contributed by atoms with van der Waals surface area (Å²) < 4.78 is 47.2. The van der Waals surface area contributed by atoms with E-state index in [0.29, 0.717) is 16.3 Å². The van der Waals surface area contributed by atoms with Crippen LogP contribution in [0.25, 0.3) is 0 Å². The normalized spacial score (nSPS) is 11.2. The Kier molecular flexibility index (Phi) is 7.17. The van der Waals surface area contributed by atoms with E-state index in [4.69, 9.17) is 27.9 Å². The summed E-state index contributed by atoms with van der Waals surface area (Å²) in [6.07, 6.45) is 0. The predicted octanol–water partition coefficient (Wildman–Crippen LogP) is 4.87. The lowest BCUT2D eigenvalue weighted by Gasteiger charge is -2.12. The topological polar surface area (TPSA) is 84.5 Å². The van der Waals surface area contributed by atoms with E-state index in [0.717, 1.165) is 12.1 Å². The fourth-order valence-corrected chi connectivity index (χ4v) is 4.25. The highest BCUT2D eigenvalue weighted by Crippen LogP contribution is 2.24. The summed E-state index contributed by atoms with van der Waals surface area (Å²) in [5.41, 5.74) is 0.526. The second kappa shape index (κ2) is 9.65. The van der Waals surface area contributed by atoms with Crippen molar-refractivity contribution in [2.75, 3.05) is 12.4 Å². The van der Waals surface area contributed by atoms with Crippen LogP contribution in [0, 0.1) is 5.82 Å². The zero-order chi connectivity index (χ0) is 22.6. The third kappa shape index (κ3) is 5.54. The highest BCUT2D eigenvalue weighted by atomic mass is 35.5. The van der Waals surface area contributed by atoms with Crippen molar-refractivity contribution in [2.45, 2.75) is 11.4 Å². The van der Waals surface area contributed by atoms with Crippen LogP contribution in [0.2, 0.25) is 10.0 Å². The molecule has 10 heteroatoms. The molecule has 3 rings (SSSR count). The quantitative estimate of drug-likeness (QED) is 0.502. The molecular formula is C21H17Cl2FN2O4S. The monoisotopic (exact) mass is 482 g/mol. The van der Waals surface area contributed by atoms with E-state index in [1.807, 2.05) is 0 Å². The maximum Gasteiger partial charge on any atom is 0.257 e. The van der Waals surface area contributed by atoms with Crippen LogP contribution in [0.4, 0.5) is 10.1 Å². The third-order valence-electron chi connectivity index (χ3n) is 4.32. The minimum atomic E-state index is -4.01. The van der Waals surface area contributed by atoms with E-state index < -0.39 is 21.7 Å². The minimum absolute atomic E-state index is 0.0402. The molecular weight excluding hydrogens is 466 g/mol. The molecule has 0 heterocycles. The Bertz CT molecular complexity index is 1240. The molecule has 0 aliphatic heterocycles. The SMILES string of the molecule is COc1ccccc1CNS(=O)(=O)c1ccc(NC(=O)c2ccc(Cl)cc2Cl)c(F)c1. The molecule has 0 saturated carbocycles. The van der Waals surface area contributed by atoms with Crippen LogP contribution in [0.1, 0.15) is 15.9 Å². The van der Waals surface area contributed by atoms with Crippen molar-refractivity contribution in [1.29, 1.82) is 0 Å². The summed E-state index contributed by atoms with van der Waals surface area (Å²) in [4.78, 5) is 12.1. The standard InChI is InChI=1S/C21H17Cl2FN2O4S/c1-30-20-5-3-2-4-13(20)12-25-31(28,29)15-7-9-19(18(24)11-15)26-21(27)16-8-6-14(22)10-17(16)23/h2-11,25H,12H2,1H3,(H,26,27). The summed E-state index contributed by atoms with van der Waals surface area (Å²) in [6.45, 7) is -0.0402. The van der Waals surface area contributed by atoms with Gasteiger partial charge in [-0.2, -0.15) is 0 Å². The van der Waals surface area contributed by atoms with Crippen LogP contribution in [0.3, 0.4) is 0 Å². The number of hydrogen-bond acceptors (Lipinski definition) is 4. The largest absolute Gasteiger partial charge is 0.496 e. The van der Waals surface area contributed by atoms with Crippen LogP contribution < -0.4 is 14.8 Å². The van der Waals surface area contributed by atoms with Crippen molar-refractivity contribution in [2.24, 2.45) is 0 Å². The van der Waals surface area contributed by atoms with Gasteiger partial charge in [-0.05, 0) is 42.5 Å². The van der Waals surface area contributed by atoms with E-state index in [9.17, 15) is 17.6 Å². The van der Waals surface area contributed by atoms with E-state index >= 15 is 0 Å². The number of hydrogen-bond donors (Lipinski definition) is 2. The molecule has 0 aliphatic carbocycles. The van der Waals surface area contributed by atoms with Crippen molar-refractivity contribution in [1.82, 2.24) is 4.72 Å². The molecule has 1 amide bonds. The minimum Gasteiger partial charge on any atom is -0.496 e. The van der Waals surface area contributed by atoms with Gasteiger partial charge in [0.15, 0.2) is 0 Å². The van der Waals surface area contributed by atoms with E-state index in [1.54, 1.807) is 24.3 Å². The average Bonchev–Trinajstić information content (AvgIpc) is 2.73. The number of amides is 1. The molecule has 0 aliphatic rings. The maximum absolute atomic E-state index is 14.5. The van der Waals surface area contributed by atoms with Crippen LogP contribution in [-0.2, 0) is 16.6 Å². The number of carbonyl (C=O) groups is 1. The lowest BCUT2D eigenvalue weighted by Crippen LogP contribution is -2.24. The number of ether oxygens (including phenoxy) is 1. The summed E-state index contributed by atoms with van der Waals surface area (Å²) in [5.74, 6) is -1.06. The zero-order valence-corrected chi connectivity index (χ0v) is 18.5. The molecule has 2 N–H and O–H groups in total. The van der Waals surface area contributed by atoms with Crippen molar-refractivity contribution in [3.05, 3.63) is 87.7 Å². The third-order valence-corrected chi connectivity index (χ3v) is 6.27. The molecule has 0 spiro atoms. The first-order chi connectivity index (χ1) is 14.7. The highest BCUT2D eigenvalue weighted by molar-refractivity contribution is 7.89. The van der Waals surface area contributed by atoms with Gasteiger partial charge in [0.2, 0.25) is 10.0 Å². The molecule has 0 fully saturated rings. The van der Waals surface area contributed by atoms with Crippen LogP contribution in [0.5, 0.6) is 5.75 Å². The lowest BCUT2D eigenvalue weighted by molar-refractivity contribution is 0.102. The lowest BCUT2D eigenvalue weighted by atomic mass is 10.2. The first kappa shape index (κ1) is 23.0. The summed E-state index contributed by atoms with van der Waals surface area (Å²) in [5, 5.41) is 2.82. The summed E-state index contributed by atoms with van der Waals surface area (Å²) in [6, 6.07) is 14.4. The Morgan fingerprint density at radius 2 is 1.81 bits per heavy atom. The Morgan fingerprint density at radius 1 is 1.06 bits per heavy atom. The molecule has 3 aromatic carbocycles. The van der Waals surface area contributed by atoms with Crippen molar-refractivity contribution < 1.29 is 22.3 Å². The fourth-order valence-electron chi connectivity index (χ4n) is 2.73. The number of methoxy groups -OCH3 is 1. The van der Waals surface area contributed by atoms with Gasteiger partial charge in [-0.1, -0.05) is 41.4 Å². The van der Waals surface area contributed by atoms with E-state index in [2.05, 4.69) is 10.0 Å². The molecule has 6 nitrogen and oxygen atoms in total. The number of rotatable bonds is 7. The Balaban J connectivity index is 1.75. The number of carbonyl (C=O) groups excluding carboxylic acids is 1. The first-order valence-electron chi connectivity index (χ1n) is 8.89. The van der Waals surface area contributed by atoms with Crippen LogP contribution in [-0.4, -0.2) is 21.4 Å². The Labute approximate surface area is 189 Å². The highest BCUT2D eigenvalue weighted by Gasteiger charge is 2.19. The number of benzene rings is 3. The molecule has 162 valence electrons. The average molecular weight is 483 g/mol. The van der Waals surface area contributed by atoms with E-state index in [1.165, 1.54) is 31.4 Å². The van der Waals surface area contributed by atoms with Gasteiger partial charge in [-0.3, -0.25) is 4.79 Å². The second-order valence-electron chi connectivity index (χ2n) is 6.36. The molecule has 0 unspecified atom stereocenters. The summed E-state index contributed by atoms with van der Waals surface area (Å²) >= 11 is 11.8. The first-order valence-corrected chi connectivity index (χ1v) is 11.1. The smallest absolute Gasteiger partial charge is 0.257 e. The molecule has 0 saturated heterocycles. The van der Waals surface area contributed by atoms with Gasteiger partial charge in [0.05, 0.1) is 28.3 Å². The van der Waals surface area contributed by atoms with Gasteiger partial charge < -0.3 is 10.1 Å². The van der Waals surface area contributed by atoms with Gasteiger partial charge >= 0.3 is 0 Å². The molecule has 0 bridgehead atoms. The molecule has 3 aromatic rings. The van der Waals surface area contributed by atoms with Gasteiger partial charge in [0.25, 0.3) is 5.91 Å². The molecule has 0 radical (unpaired) electrons. The number of halogens is 3. The van der Waals surface area contributed by atoms with Gasteiger partial charge in [0.1, 0.15) is 11.6 Å². The van der Waals surface area contributed by atoms with E-state index in [-0.39, 0.29) is 27.7 Å². The second-order valence-corrected chi connectivity index (χ2v) is 8.97. The number of sulfonamides is 1. The molecule has 0 aromatic heterocycles. The van der Waals surface area contributed by atoms with Crippen molar-refractivity contribution in [3.8, 4) is 5.75 Å². The summed E-state index contributed by atoms with van der Waals surface area (Å²) in [7, 11) is -2.53. The van der Waals surface area contributed by atoms with Gasteiger partial charge in [0, 0.05) is 17.1 Å². The van der Waals surface area contributed by atoms with Crippen molar-refractivity contribution >= 4 is 44.8 Å². The Morgan fingerprint density at radius 3 is 2.48 bits per heavy atom. The van der Waals surface area contributed by atoms with Crippen molar-refractivity contribution in [3.63, 3.8) is 0 Å². The maximum atomic E-state index is 14.5. The molecule has 31 heavy (non-hydrogen) atoms. The molecule has 0 atom stereocenters. The van der Waals surface area contributed by atoms with Crippen LogP contribution >= 0.6 is 23.2 Å². The number of anilines is 1. The van der Waals surface area contributed by atoms with Crippen LogP contribution in [0.15, 0.2) is 65.6 Å². The zero-order valence-electron chi connectivity index (χ0n) is 16.2. The Hall–Kier alpha value is -2.65.